The lowest BCUT2D eigenvalue weighted by Gasteiger charge is -2.20. The Kier molecular flexibility index (Phi) is 5.80. The number of aromatic nitrogens is 4. The monoisotopic (exact) mass is 479 g/mol. The highest BCUT2D eigenvalue weighted by molar-refractivity contribution is 5.72. The number of rotatable bonds is 6. The van der Waals surface area contributed by atoms with E-state index < -0.39 is 0 Å². The Morgan fingerprint density at radius 2 is 2.06 bits per heavy atom. The highest BCUT2D eigenvalue weighted by atomic mass is 16.3. The van der Waals surface area contributed by atoms with E-state index in [9.17, 15) is 5.11 Å². The zero-order valence-electron chi connectivity index (χ0n) is 20.3. The molecule has 2 aliphatic rings. The van der Waals surface area contributed by atoms with Crippen molar-refractivity contribution in [3.05, 3.63) is 72.3 Å². The number of fused-ring (bicyclic) bond motifs is 5. The van der Waals surface area contributed by atoms with Gasteiger partial charge in [-0.25, -0.2) is 9.97 Å². The van der Waals surface area contributed by atoms with Gasteiger partial charge in [0, 0.05) is 49.8 Å². The molecule has 0 amide bonds. The summed E-state index contributed by atoms with van der Waals surface area (Å²) in [6, 6.07) is 16.4. The lowest BCUT2D eigenvalue weighted by Crippen LogP contribution is -2.34. The predicted octanol–water partition coefficient (Wildman–Crippen LogP) is 3.43. The van der Waals surface area contributed by atoms with Crippen molar-refractivity contribution in [3.63, 3.8) is 0 Å². The first-order valence-electron chi connectivity index (χ1n) is 12.5. The molecule has 2 atom stereocenters. The number of hydrogen-bond acceptors (Lipinski definition) is 6. The molecule has 8 nitrogen and oxygen atoms in total. The molecule has 5 heterocycles. The van der Waals surface area contributed by atoms with Gasteiger partial charge in [-0.15, -0.1) is 0 Å². The minimum absolute atomic E-state index is 0.124. The van der Waals surface area contributed by atoms with E-state index in [1.54, 1.807) is 0 Å². The molecule has 8 heteroatoms. The van der Waals surface area contributed by atoms with E-state index in [-0.39, 0.29) is 12.6 Å². The Bertz CT molecular complexity index is 1430. The summed E-state index contributed by atoms with van der Waals surface area (Å²) in [6.07, 6.45) is 7.10. The first-order chi connectivity index (χ1) is 17.6. The standard InChI is InChI=1S/C28H29N7O/c1-19(18-36)31-14-21-8-10-33(15-21)27-7-6-25-24(32-27)17-34-16-23(22-4-2-20(13-29)3-5-22)12-26(34)28-30-9-11-35(25)28/h2-7,9,11-12,16,19,21,31,36H,8,10,14-15,17-18H2,1H3/t19-,21+/m1/s1. The largest absolute Gasteiger partial charge is 0.395 e. The second-order valence-corrected chi connectivity index (χ2v) is 9.78. The molecule has 0 unspecified atom stereocenters. The maximum atomic E-state index is 9.28. The Morgan fingerprint density at radius 3 is 2.86 bits per heavy atom. The highest BCUT2D eigenvalue weighted by Crippen LogP contribution is 2.34. The summed E-state index contributed by atoms with van der Waals surface area (Å²) < 4.78 is 4.35. The van der Waals surface area contributed by atoms with Gasteiger partial charge in [0.15, 0.2) is 5.82 Å². The third kappa shape index (κ3) is 4.06. The summed E-state index contributed by atoms with van der Waals surface area (Å²) in [5.74, 6) is 2.45. The molecule has 2 N–H and O–H groups in total. The van der Waals surface area contributed by atoms with Crippen molar-refractivity contribution >= 4 is 5.82 Å². The van der Waals surface area contributed by atoms with E-state index in [1.807, 2.05) is 43.6 Å². The van der Waals surface area contributed by atoms with Crippen LogP contribution in [0, 0.1) is 17.2 Å². The van der Waals surface area contributed by atoms with Crippen molar-refractivity contribution in [2.24, 2.45) is 5.92 Å². The molecular formula is C28H29N7O. The van der Waals surface area contributed by atoms with E-state index in [2.05, 4.69) is 54.8 Å². The number of benzene rings is 1. The average Bonchev–Trinajstić information content (AvgIpc) is 3.66. The number of nitrogens with one attached hydrogen (secondary N) is 1. The number of aliphatic hydroxyl groups is 1. The van der Waals surface area contributed by atoms with Gasteiger partial charge >= 0.3 is 0 Å². The summed E-state index contributed by atoms with van der Waals surface area (Å²) in [5.41, 5.74) is 5.94. The molecule has 1 aromatic carbocycles. The molecule has 182 valence electrons. The van der Waals surface area contributed by atoms with Crippen LogP contribution in [0.5, 0.6) is 0 Å². The molecule has 1 fully saturated rings. The number of aliphatic hydroxyl groups excluding tert-OH is 1. The van der Waals surface area contributed by atoms with Gasteiger partial charge in [0.2, 0.25) is 0 Å². The van der Waals surface area contributed by atoms with E-state index in [0.717, 1.165) is 65.9 Å². The maximum absolute atomic E-state index is 9.28. The first kappa shape index (κ1) is 22.5. The second kappa shape index (κ2) is 9.26. The van der Waals surface area contributed by atoms with E-state index in [1.165, 1.54) is 0 Å². The number of nitrogens with zero attached hydrogens (tertiary/aromatic N) is 6. The minimum Gasteiger partial charge on any atom is -0.395 e. The van der Waals surface area contributed by atoms with Gasteiger partial charge in [-0.2, -0.15) is 5.26 Å². The lowest BCUT2D eigenvalue weighted by atomic mass is 10.1. The Labute approximate surface area is 210 Å². The fourth-order valence-corrected chi connectivity index (χ4v) is 5.21. The molecule has 1 saturated heterocycles. The van der Waals surface area contributed by atoms with Crippen LogP contribution in [0.15, 0.2) is 61.1 Å². The molecule has 36 heavy (non-hydrogen) atoms. The van der Waals surface area contributed by atoms with Gasteiger partial charge in [0.05, 0.1) is 41.9 Å². The smallest absolute Gasteiger partial charge is 0.161 e. The fourth-order valence-electron chi connectivity index (χ4n) is 5.21. The fraction of sp³-hybridized carbons (Fsp3) is 0.321. The molecule has 0 aliphatic carbocycles. The third-order valence-corrected chi connectivity index (χ3v) is 7.27. The van der Waals surface area contributed by atoms with E-state index in [4.69, 9.17) is 10.2 Å². The Morgan fingerprint density at radius 1 is 1.19 bits per heavy atom. The molecule has 6 rings (SSSR count). The van der Waals surface area contributed by atoms with Gasteiger partial charge in [-0.05, 0) is 55.2 Å². The van der Waals surface area contributed by atoms with Crippen LogP contribution in [-0.4, -0.2) is 56.5 Å². The zero-order valence-corrected chi connectivity index (χ0v) is 20.3. The summed E-state index contributed by atoms with van der Waals surface area (Å²) in [7, 11) is 0. The normalized spacial score (nSPS) is 17.1. The molecule has 0 radical (unpaired) electrons. The molecule has 2 aliphatic heterocycles. The number of nitriles is 1. The van der Waals surface area contributed by atoms with Crippen LogP contribution < -0.4 is 10.2 Å². The van der Waals surface area contributed by atoms with Crippen LogP contribution in [0.4, 0.5) is 5.82 Å². The molecule has 4 aromatic rings. The summed E-state index contributed by atoms with van der Waals surface area (Å²) in [6.45, 7) is 5.68. The van der Waals surface area contributed by atoms with Crippen molar-refractivity contribution in [2.45, 2.75) is 25.9 Å². The second-order valence-electron chi connectivity index (χ2n) is 9.78. The number of imidazole rings is 1. The SMILES string of the molecule is C[C@H](CO)NC[C@@H]1CCN(c2ccc3c(n2)Cn2cc(-c4ccc(C#N)cc4)cc2-c2nccn2-3)C1. The number of pyridine rings is 1. The van der Waals surface area contributed by atoms with E-state index in [0.29, 0.717) is 18.0 Å². The molecule has 0 saturated carbocycles. The van der Waals surface area contributed by atoms with Crippen LogP contribution in [0.25, 0.3) is 28.3 Å². The Hall–Kier alpha value is -3.93. The first-order valence-corrected chi connectivity index (χ1v) is 12.5. The van der Waals surface area contributed by atoms with Crippen molar-refractivity contribution in [3.8, 4) is 34.4 Å². The highest BCUT2D eigenvalue weighted by Gasteiger charge is 2.26. The van der Waals surface area contributed by atoms with Crippen molar-refractivity contribution in [1.29, 1.82) is 5.26 Å². The number of anilines is 1. The quantitative estimate of drug-likeness (QED) is 0.388. The van der Waals surface area contributed by atoms with Crippen molar-refractivity contribution < 1.29 is 5.11 Å². The van der Waals surface area contributed by atoms with Crippen LogP contribution in [-0.2, 0) is 6.54 Å². The van der Waals surface area contributed by atoms with Crippen molar-refractivity contribution in [1.82, 2.24) is 24.4 Å². The summed E-state index contributed by atoms with van der Waals surface area (Å²) in [4.78, 5) is 12.2. The van der Waals surface area contributed by atoms with Crippen LogP contribution >= 0.6 is 0 Å². The lowest BCUT2D eigenvalue weighted by molar-refractivity contribution is 0.247. The third-order valence-electron chi connectivity index (χ3n) is 7.27. The Balaban J connectivity index is 1.30. The summed E-state index contributed by atoms with van der Waals surface area (Å²) >= 11 is 0. The molecule has 3 aromatic heterocycles. The van der Waals surface area contributed by atoms with E-state index >= 15 is 0 Å². The van der Waals surface area contributed by atoms with Crippen LogP contribution in [0.1, 0.15) is 24.6 Å². The maximum Gasteiger partial charge on any atom is 0.161 e. The van der Waals surface area contributed by atoms with Gasteiger partial charge in [-0.1, -0.05) is 12.1 Å². The summed E-state index contributed by atoms with van der Waals surface area (Å²) in [5, 5.41) is 21.8. The van der Waals surface area contributed by atoms with Gasteiger partial charge in [0.25, 0.3) is 0 Å². The van der Waals surface area contributed by atoms with Gasteiger partial charge in [0.1, 0.15) is 5.82 Å². The minimum atomic E-state index is 0.124. The number of hydrogen-bond donors (Lipinski definition) is 2. The predicted molar refractivity (Wildman–Crippen MR) is 139 cm³/mol. The van der Waals surface area contributed by atoms with Gasteiger partial charge < -0.3 is 19.9 Å². The molecular weight excluding hydrogens is 450 g/mol. The van der Waals surface area contributed by atoms with Crippen molar-refractivity contribution in [2.75, 3.05) is 31.1 Å². The van der Waals surface area contributed by atoms with Crippen LogP contribution in [0.3, 0.4) is 0 Å². The van der Waals surface area contributed by atoms with Crippen LogP contribution in [0.2, 0.25) is 0 Å². The zero-order chi connectivity index (χ0) is 24.6. The van der Waals surface area contributed by atoms with Gasteiger partial charge in [-0.3, -0.25) is 4.57 Å². The average molecular weight is 480 g/mol. The topological polar surface area (TPSA) is 94.9 Å². The molecule has 0 spiro atoms. The molecule has 0 bridgehead atoms.